The molecule has 0 bridgehead atoms. The number of hydrogen-bond donors (Lipinski definition) is 2. The van der Waals surface area contributed by atoms with Crippen LogP contribution in [0.2, 0.25) is 0 Å². The summed E-state index contributed by atoms with van der Waals surface area (Å²) in [5.41, 5.74) is -0.0213. The van der Waals surface area contributed by atoms with Crippen LogP contribution in [-0.2, 0) is 4.74 Å². The minimum Gasteiger partial charge on any atom is -0.376 e. The molecular weight excluding hydrogens is 328 g/mol. The Balaban J connectivity index is 1.42. The van der Waals surface area contributed by atoms with E-state index in [9.17, 15) is 13.6 Å². The fraction of sp³-hybridized carbons (Fsp3) is 0.611. The van der Waals surface area contributed by atoms with Gasteiger partial charge in [-0.15, -0.1) is 0 Å². The molecule has 136 valence electrons. The van der Waals surface area contributed by atoms with Gasteiger partial charge >= 0.3 is 6.03 Å². The molecule has 0 aromatic heterocycles. The number of piperidine rings is 1. The van der Waals surface area contributed by atoms with Crippen molar-refractivity contribution in [3.05, 3.63) is 29.8 Å². The number of carbonyl (C=O) groups excluding carboxylic acids is 1. The number of benzene rings is 1. The highest BCUT2D eigenvalue weighted by atomic mass is 19.1. The van der Waals surface area contributed by atoms with Crippen LogP contribution in [0.3, 0.4) is 0 Å². The van der Waals surface area contributed by atoms with Crippen molar-refractivity contribution in [1.82, 2.24) is 10.2 Å². The van der Waals surface area contributed by atoms with Crippen molar-refractivity contribution in [3.63, 3.8) is 0 Å². The summed E-state index contributed by atoms with van der Waals surface area (Å²) in [6, 6.07) is 2.86. The Morgan fingerprint density at radius 3 is 2.76 bits per heavy atom. The molecule has 0 radical (unpaired) electrons. The van der Waals surface area contributed by atoms with E-state index >= 15 is 0 Å². The van der Waals surface area contributed by atoms with Gasteiger partial charge < -0.3 is 15.4 Å². The van der Waals surface area contributed by atoms with Crippen molar-refractivity contribution in [2.24, 2.45) is 5.92 Å². The summed E-state index contributed by atoms with van der Waals surface area (Å²) in [5, 5.41) is 5.48. The van der Waals surface area contributed by atoms with Gasteiger partial charge in [0.15, 0.2) is 0 Å². The maximum Gasteiger partial charge on any atom is 0.319 e. The van der Waals surface area contributed by atoms with Crippen molar-refractivity contribution in [2.75, 3.05) is 25.0 Å². The first-order chi connectivity index (χ1) is 12.1. The van der Waals surface area contributed by atoms with Crippen LogP contribution in [-0.4, -0.2) is 48.8 Å². The zero-order chi connectivity index (χ0) is 17.4. The van der Waals surface area contributed by atoms with Crippen molar-refractivity contribution in [3.8, 4) is 0 Å². The number of anilines is 1. The van der Waals surface area contributed by atoms with Crippen LogP contribution in [0.25, 0.3) is 0 Å². The highest BCUT2D eigenvalue weighted by Gasteiger charge is 2.56. The van der Waals surface area contributed by atoms with Gasteiger partial charge in [-0.05, 0) is 44.5 Å². The van der Waals surface area contributed by atoms with E-state index in [1.54, 1.807) is 0 Å². The van der Waals surface area contributed by atoms with Crippen LogP contribution >= 0.6 is 0 Å². The molecule has 1 saturated carbocycles. The first-order valence-electron chi connectivity index (χ1n) is 9.02. The summed E-state index contributed by atoms with van der Waals surface area (Å²) in [5.74, 6) is -1.13. The monoisotopic (exact) mass is 351 g/mol. The van der Waals surface area contributed by atoms with E-state index in [1.807, 2.05) is 0 Å². The zero-order valence-electron chi connectivity index (χ0n) is 14.0. The molecule has 1 aromatic carbocycles. The highest BCUT2D eigenvalue weighted by molar-refractivity contribution is 5.89. The van der Waals surface area contributed by atoms with E-state index in [2.05, 4.69) is 15.5 Å². The van der Waals surface area contributed by atoms with Gasteiger partial charge in [-0.2, -0.15) is 0 Å². The third kappa shape index (κ3) is 3.22. The topological polar surface area (TPSA) is 53.6 Å². The third-order valence-corrected chi connectivity index (χ3v) is 5.64. The van der Waals surface area contributed by atoms with Gasteiger partial charge in [-0.25, -0.2) is 13.6 Å². The number of amides is 2. The number of fused-ring (bicyclic) bond motifs is 1. The summed E-state index contributed by atoms with van der Waals surface area (Å²) in [4.78, 5) is 14.7. The molecule has 2 saturated heterocycles. The molecule has 0 spiro atoms. The molecule has 1 aromatic rings. The minimum atomic E-state index is -0.779. The number of nitrogens with zero attached hydrogens (tertiary/aromatic N) is 1. The quantitative estimate of drug-likeness (QED) is 0.880. The molecule has 5 nitrogen and oxygen atoms in total. The summed E-state index contributed by atoms with van der Waals surface area (Å²) in [6.07, 6.45) is 4.72. The molecule has 4 atom stereocenters. The van der Waals surface area contributed by atoms with Crippen molar-refractivity contribution < 1.29 is 18.3 Å². The summed E-state index contributed by atoms with van der Waals surface area (Å²) in [7, 11) is 0. The number of nitrogens with one attached hydrogen (secondary N) is 2. The third-order valence-electron chi connectivity index (χ3n) is 5.64. The molecule has 2 aliphatic heterocycles. The van der Waals surface area contributed by atoms with Crippen LogP contribution in [0.15, 0.2) is 18.2 Å². The van der Waals surface area contributed by atoms with Crippen molar-refractivity contribution in [1.29, 1.82) is 0 Å². The number of urea groups is 1. The Kier molecular flexibility index (Phi) is 4.60. The first-order valence-corrected chi connectivity index (χ1v) is 9.02. The molecule has 4 rings (SSSR count). The summed E-state index contributed by atoms with van der Waals surface area (Å²) in [6.45, 7) is 2.79. The van der Waals surface area contributed by atoms with E-state index in [0.717, 1.165) is 38.2 Å². The van der Waals surface area contributed by atoms with Gasteiger partial charge in [-0.3, -0.25) is 4.90 Å². The number of rotatable bonds is 3. The molecule has 3 aliphatic rings. The Morgan fingerprint density at radius 2 is 2.00 bits per heavy atom. The Bertz CT molecular complexity index is 651. The Hall–Kier alpha value is -1.73. The van der Waals surface area contributed by atoms with Crippen LogP contribution in [0, 0.1) is 17.6 Å². The lowest BCUT2D eigenvalue weighted by atomic mass is 9.70. The van der Waals surface area contributed by atoms with Crippen molar-refractivity contribution in [2.45, 2.75) is 43.9 Å². The predicted molar refractivity (Wildman–Crippen MR) is 89.4 cm³/mol. The molecule has 25 heavy (non-hydrogen) atoms. The van der Waals surface area contributed by atoms with Crippen LogP contribution in [0.1, 0.15) is 25.7 Å². The fourth-order valence-corrected chi connectivity index (χ4v) is 4.42. The van der Waals surface area contributed by atoms with Crippen molar-refractivity contribution >= 4 is 11.7 Å². The molecule has 7 heteroatoms. The lowest BCUT2D eigenvalue weighted by Crippen LogP contribution is -2.71. The lowest BCUT2D eigenvalue weighted by Gasteiger charge is -2.53. The van der Waals surface area contributed by atoms with E-state index in [1.165, 1.54) is 25.3 Å². The molecule has 3 fully saturated rings. The maximum absolute atomic E-state index is 13.7. The second-order valence-corrected chi connectivity index (χ2v) is 7.12. The average molecular weight is 351 g/mol. The molecule has 2 heterocycles. The van der Waals surface area contributed by atoms with E-state index in [-0.39, 0.29) is 23.9 Å². The highest BCUT2D eigenvalue weighted by Crippen LogP contribution is 2.42. The maximum atomic E-state index is 13.7. The molecule has 1 aliphatic carbocycles. The van der Waals surface area contributed by atoms with Gasteiger partial charge in [-0.1, -0.05) is 6.42 Å². The van der Waals surface area contributed by atoms with E-state index in [4.69, 9.17) is 4.74 Å². The number of likely N-dealkylation sites (tertiary alicyclic amines) is 1. The molecule has 2 N–H and O–H groups in total. The Labute approximate surface area is 145 Å². The van der Waals surface area contributed by atoms with Gasteiger partial charge in [0.1, 0.15) is 11.6 Å². The minimum absolute atomic E-state index is 0.00843. The Morgan fingerprint density at radius 1 is 1.20 bits per heavy atom. The normalized spacial score (nSPS) is 31.9. The second-order valence-electron chi connectivity index (χ2n) is 7.12. The van der Waals surface area contributed by atoms with Crippen LogP contribution in [0.5, 0.6) is 0 Å². The molecular formula is C18H23F2N3O2. The number of halogens is 2. The van der Waals surface area contributed by atoms with Crippen LogP contribution < -0.4 is 10.6 Å². The first kappa shape index (κ1) is 16.7. The standard InChI is InChI=1S/C18H23F2N3O2/c19-11-4-5-14(13(20)10-11)21-18(24)22-15-12-6-9-25-17(12)16(15)23-7-2-1-3-8-23/h4-5,10,12,15-17H,1-3,6-9H2,(H2,21,22,24)/t12-,15+,16-,17-/m0/s1. The average Bonchev–Trinajstić information content (AvgIpc) is 3.00. The van der Waals surface area contributed by atoms with E-state index < -0.39 is 17.7 Å². The fourth-order valence-electron chi connectivity index (χ4n) is 4.42. The zero-order valence-corrected chi connectivity index (χ0v) is 14.0. The largest absolute Gasteiger partial charge is 0.376 e. The van der Waals surface area contributed by atoms with Crippen LogP contribution in [0.4, 0.5) is 19.3 Å². The predicted octanol–water partition coefficient (Wildman–Crippen LogP) is 2.73. The SMILES string of the molecule is O=C(Nc1ccc(F)cc1F)N[C@@H]1[C@@H]2CCO[C@@H]2[C@H]1N1CCCCC1. The number of hydrogen-bond acceptors (Lipinski definition) is 3. The summed E-state index contributed by atoms with van der Waals surface area (Å²) >= 11 is 0. The molecule has 0 unspecified atom stereocenters. The van der Waals surface area contributed by atoms with Gasteiger partial charge in [0.05, 0.1) is 23.9 Å². The lowest BCUT2D eigenvalue weighted by molar-refractivity contribution is -0.0852. The van der Waals surface area contributed by atoms with E-state index in [0.29, 0.717) is 5.92 Å². The van der Waals surface area contributed by atoms with Gasteiger partial charge in [0.2, 0.25) is 0 Å². The summed E-state index contributed by atoms with van der Waals surface area (Å²) < 4.78 is 32.6. The number of ether oxygens (including phenoxy) is 1. The van der Waals surface area contributed by atoms with Gasteiger partial charge in [0.25, 0.3) is 0 Å². The number of carbonyl (C=O) groups is 1. The molecule has 2 amide bonds. The smallest absolute Gasteiger partial charge is 0.319 e. The van der Waals surface area contributed by atoms with Gasteiger partial charge in [0, 0.05) is 18.6 Å². The second kappa shape index (κ2) is 6.88.